The Morgan fingerprint density at radius 3 is 3.14 bits per heavy atom. The summed E-state index contributed by atoms with van der Waals surface area (Å²) in [6.45, 7) is 3.02. The van der Waals surface area contributed by atoms with Gasteiger partial charge in [-0.15, -0.1) is 11.3 Å². The first kappa shape index (κ1) is 15.0. The van der Waals surface area contributed by atoms with Crippen LogP contribution in [0.5, 0.6) is 0 Å². The Labute approximate surface area is 127 Å². The minimum atomic E-state index is -0.115. The van der Waals surface area contributed by atoms with Crippen molar-refractivity contribution in [3.05, 3.63) is 29.6 Å². The summed E-state index contributed by atoms with van der Waals surface area (Å²) >= 11 is 1.41. The van der Waals surface area contributed by atoms with Crippen molar-refractivity contribution in [2.45, 2.75) is 13.3 Å². The van der Waals surface area contributed by atoms with E-state index < -0.39 is 0 Å². The highest BCUT2D eigenvalue weighted by molar-refractivity contribution is 7.14. The van der Waals surface area contributed by atoms with Gasteiger partial charge >= 0.3 is 0 Å². The number of nitrogens with zero attached hydrogens (tertiary/aromatic N) is 2. The lowest BCUT2D eigenvalue weighted by atomic mass is 10.1. The van der Waals surface area contributed by atoms with Crippen molar-refractivity contribution in [1.82, 2.24) is 10.3 Å². The zero-order valence-corrected chi connectivity index (χ0v) is 12.6. The Hall–Kier alpha value is -2.41. The SMILES string of the molecule is CCCN/C=N/c1cccc(-c2csc(NC(=N)N)n2)c1. The van der Waals surface area contributed by atoms with Gasteiger partial charge in [-0.25, -0.2) is 9.98 Å². The van der Waals surface area contributed by atoms with Crippen LogP contribution in [0, 0.1) is 5.41 Å². The molecule has 0 aliphatic rings. The molecule has 6 nitrogen and oxygen atoms in total. The maximum Gasteiger partial charge on any atom is 0.192 e. The molecule has 0 saturated carbocycles. The van der Waals surface area contributed by atoms with Crippen LogP contribution in [-0.2, 0) is 0 Å². The molecule has 0 unspecified atom stereocenters. The minimum absolute atomic E-state index is 0.115. The van der Waals surface area contributed by atoms with E-state index in [-0.39, 0.29) is 5.96 Å². The Kier molecular flexibility index (Phi) is 5.28. The molecule has 0 bridgehead atoms. The molecular formula is C14H18N6S. The molecule has 21 heavy (non-hydrogen) atoms. The first-order chi connectivity index (χ1) is 10.2. The summed E-state index contributed by atoms with van der Waals surface area (Å²) < 4.78 is 0. The molecule has 5 N–H and O–H groups in total. The van der Waals surface area contributed by atoms with Crippen molar-refractivity contribution >= 4 is 34.5 Å². The van der Waals surface area contributed by atoms with Gasteiger partial charge in [0.2, 0.25) is 0 Å². The third-order valence-corrected chi connectivity index (χ3v) is 3.34. The highest BCUT2D eigenvalue weighted by Crippen LogP contribution is 2.27. The second kappa shape index (κ2) is 7.39. The Bertz CT molecular complexity index is 634. The predicted octanol–water partition coefficient (Wildman–Crippen LogP) is 2.77. The van der Waals surface area contributed by atoms with Crippen molar-refractivity contribution in [1.29, 1.82) is 5.41 Å². The molecule has 0 radical (unpaired) electrons. The highest BCUT2D eigenvalue weighted by Gasteiger charge is 2.05. The number of rotatable bonds is 6. The van der Waals surface area contributed by atoms with Crippen LogP contribution < -0.4 is 16.4 Å². The van der Waals surface area contributed by atoms with Crippen LogP contribution in [0.4, 0.5) is 10.8 Å². The van der Waals surface area contributed by atoms with Crippen molar-refractivity contribution in [3.8, 4) is 11.3 Å². The fourth-order valence-electron chi connectivity index (χ4n) is 1.65. The van der Waals surface area contributed by atoms with E-state index in [0.29, 0.717) is 5.13 Å². The van der Waals surface area contributed by atoms with Gasteiger partial charge in [-0.1, -0.05) is 19.1 Å². The topological polar surface area (TPSA) is 99.2 Å². The van der Waals surface area contributed by atoms with Crippen LogP contribution in [0.1, 0.15) is 13.3 Å². The quantitative estimate of drug-likeness (QED) is 0.374. The largest absolute Gasteiger partial charge is 0.376 e. The van der Waals surface area contributed by atoms with Gasteiger partial charge in [0.1, 0.15) is 0 Å². The number of nitrogens with one attached hydrogen (secondary N) is 3. The standard InChI is InChI=1S/C14H18N6S/c1-2-6-17-9-18-11-5-3-4-10(7-11)12-8-21-14(19-12)20-13(15)16/h3-5,7-9H,2,6H2,1H3,(H,17,18)(H4,15,16,19,20). The first-order valence-electron chi connectivity index (χ1n) is 6.62. The van der Waals surface area contributed by atoms with Crippen LogP contribution in [0.2, 0.25) is 0 Å². The summed E-state index contributed by atoms with van der Waals surface area (Å²) in [5.41, 5.74) is 7.97. The summed E-state index contributed by atoms with van der Waals surface area (Å²) in [6, 6.07) is 7.83. The van der Waals surface area contributed by atoms with Gasteiger partial charge in [-0.2, -0.15) is 0 Å². The predicted molar refractivity (Wildman–Crippen MR) is 89.5 cm³/mol. The molecule has 1 aromatic carbocycles. The lowest BCUT2D eigenvalue weighted by Gasteiger charge is -2.00. The van der Waals surface area contributed by atoms with Gasteiger partial charge in [-0.05, 0) is 18.6 Å². The summed E-state index contributed by atoms with van der Waals surface area (Å²) in [4.78, 5) is 8.75. The Balaban J connectivity index is 2.11. The number of guanidine groups is 1. The van der Waals surface area contributed by atoms with Crippen molar-refractivity contribution in [2.75, 3.05) is 11.9 Å². The number of aromatic nitrogens is 1. The second-order valence-electron chi connectivity index (χ2n) is 4.34. The van der Waals surface area contributed by atoms with Crippen molar-refractivity contribution < 1.29 is 0 Å². The molecule has 2 aromatic rings. The molecule has 110 valence electrons. The van der Waals surface area contributed by atoms with Gasteiger partial charge in [-0.3, -0.25) is 5.41 Å². The first-order valence-corrected chi connectivity index (χ1v) is 7.50. The fourth-order valence-corrected chi connectivity index (χ4v) is 2.39. The van der Waals surface area contributed by atoms with E-state index in [1.54, 1.807) is 6.34 Å². The molecule has 1 heterocycles. The van der Waals surface area contributed by atoms with Crippen LogP contribution in [0.15, 0.2) is 34.6 Å². The summed E-state index contributed by atoms with van der Waals surface area (Å²) in [5, 5.41) is 15.5. The maximum atomic E-state index is 7.20. The number of aliphatic imine (C=N–C) groups is 1. The third kappa shape index (κ3) is 4.57. The van der Waals surface area contributed by atoms with Gasteiger partial charge in [0, 0.05) is 17.5 Å². The van der Waals surface area contributed by atoms with Gasteiger partial charge < -0.3 is 16.4 Å². The zero-order chi connectivity index (χ0) is 15.1. The molecule has 0 atom stereocenters. The average Bonchev–Trinajstić information content (AvgIpc) is 2.92. The number of benzene rings is 1. The maximum absolute atomic E-state index is 7.20. The van der Waals surface area contributed by atoms with E-state index >= 15 is 0 Å². The lowest BCUT2D eigenvalue weighted by Crippen LogP contribution is -2.20. The molecule has 0 aliphatic carbocycles. The average molecular weight is 302 g/mol. The Morgan fingerprint density at radius 1 is 1.52 bits per heavy atom. The molecule has 2 rings (SSSR count). The smallest absolute Gasteiger partial charge is 0.192 e. The molecule has 0 saturated heterocycles. The van der Waals surface area contributed by atoms with E-state index in [1.165, 1.54) is 11.3 Å². The molecule has 7 heteroatoms. The van der Waals surface area contributed by atoms with E-state index in [1.807, 2.05) is 29.6 Å². The second-order valence-corrected chi connectivity index (χ2v) is 5.20. The van der Waals surface area contributed by atoms with Crippen molar-refractivity contribution in [3.63, 3.8) is 0 Å². The Morgan fingerprint density at radius 2 is 2.38 bits per heavy atom. The number of nitrogens with two attached hydrogens (primary N) is 1. The molecular weight excluding hydrogens is 284 g/mol. The molecule has 0 fully saturated rings. The summed E-state index contributed by atoms with van der Waals surface area (Å²) in [6.07, 6.45) is 2.78. The van der Waals surface area contributed by atoms with E-state index in [2.05, 4.69) is 27.5 Å². The zero-order valence-electron chi connectivity index (χ0n) is 11.8. The van der Waals surface area contributed by atoms with Crippen LogP contribution in [0.25, 0.3) is 11.3 Å². The molecule has 0 spiro atoms. The number of anilines is 1. The number of hydrogen-bond acceptors (Lipinski definition) is 4. The fraction of sp³-hybridized carbons (Fsp3) is 0.214. The number of thiazole rings is 1. The third-order valence-electron chi connectivity index (χ3n) is 2.59. The lowest BCUT2D eigenvalue weighted by molar-refractivity contribution is 0.851. The summed E-state index contributed by atoms with van der Waals surface area (Å²) in [5.74, 6) is -0.115. The van der Waals surface area contributed by atoms with Gasteiger partial charge in [0.05, 0.1) is 17.7 Å². The summed E-state index contributed by atoms with van der Waals surface area (Å²) in [7, 11) is 0. The van der Waals surface area contributed by atoms with Crippen LogP contribution >= 0.6 is 11.3 Å². The monoisotopic (exact) mass is 302 g/mol. The van der Waals surface area contributed by atoms with Gasteiger partial charge in [0.15, 0.2) is 11.1 Å². The van der Waals surface area contributed by atoms with E-state index in [0.717, 1.165) is 29.9 Å². The highest BCUT2D eigenvalue weighted by atomic mass is 32.1. The van der Waals surface area contributed by atoms with Crippen LogP contribution in [-0.4, -0.2) is 23.8 Å². The number of hydrogen-bond donors (Lipinski definition) is 4. The molecule has 1 aromatic heterocycles. The van der Waals surface area contributed by atoms with E-state index in [9.17, 15) is 0 Å². The van der Waals surface area contributed by atoms with E-state index in [4.69, 9.17) is 11.1 Å². The molecule has 0 amide bonds. The van der Waals surface area contributed by atoms with Crippen LogP contribution in [0.3, 0.4) is 0 Å². The minimum Gasteiger partial charge on any atom is -0.376 e. The van der Waals surface area contributed by atoms with Crippen molar-refractivity contribution in [2.24, 2.45) is 10.7 Å². The normalized spacial score (nSPS) is 10.7. The van der Waals surface area contributed by atoms with Gasteiger partial charge in [0.25, 0.3) is 0 Å². The molecule has 0 aliphatic heterocycles.